The van der Waals surface area contributed by atoms with E-state index in [4.69, 9.17) is 0 Å². The molecule has 6 heteroatoms. The molecule has 0 aromatic heterocycles. The lowest BCUT2D eigenvalue weighted by Crippen LogP contribution is -2.48. The van der Waals surface area contributed by atoms with E-state index in [0.29, 0.717) is 32.4 Å². The molecule has 132 valence electrons. The number of hydrogen-bond acceptors (Lipinski definition) is 3. The summed E-state index contributed by atoms with van der Waals surface area (Å²) in [5, 5.41) is 12.2. The topological polar surface area (TPSA) is 86.7 Å². The molecule has 1 heterocycles. The third kappa shape index (κ3) is 4.94. The summed E-state index contributed by atoms with van der Waals surface area (Å²) in [5.41, 5.74) is -0.901. The molecule has 0 radical (unpaired) electrons. The van der Waals surface area contributed by atoms with Gasteiger partial charge in [-0.25, -0.2) is 0 Å². The number of carboxylic acids is 1. The lowest BCUT2D eigenvalue weighted by Gasteiger charge is -2.33. The van der Waals surface area contributed by atoms with Crippen LogP contribution >= 0.6 is 0 Å². The van der Waals surface area contributed by atoms with Gasteiger partial charge in [-0.05, 0) is 32.1 Å². The predicted molar refractivity (Wildman–Crippen MR) is 87.9 cm³/mol. The van der Waals surface area contributed by atoms with Gasteiger partial charge < -0.3 is 15.3 Å². The van der Waals surface area contributed by atoms with E-state index in [-0.39, 0.29) is 24.3 Å². The van der Waals surface area contributed by atoms with Crippen LogP contribution < -0.4 is 5.32 Å². The quantitative estimate of drug-likeness (QED) is 0.714. The lowest BCUT2D eigenvalue weighted by atomic mass is 9.82. The summed E-state index contributed by atoms with van der Waals surface area (Å²) < 4.78 is 0. The van der Waals surface area contributed by atoms with Crippen LogP contribution in [0.1, 0.15) is 59.3 Å². The molecular weight excluding hydrogens is 296 g/mol. The van der Waals surface area contributed by atoms with Crippen LogP contribution in [-0.4, -0.2) is 47.4 Å². The Morgan fingerprint density at radius 3 is 2.39 bits per heavy atom. The molecule has 1 unspecified atom stereocenters. The molecule has 1 aliphatic heterocycles. The summed E-state index contributed by atoms with van der Waals surface area (Å²) in [4.78, 5) is 37.6. The standard InChI is InChI=1S/C17H30N2O4/c1-4-8-14(20)19-10-7-9-13(11-19)15(21)18-12-17(5-2,6-3)16(22)23/h13H,4-12H2,1-3H3,(H,18,21)(H,22,23). The minimum Gasteiger partial charge on any atom is -0.481 e. The minimum absolute atomic E-state index is 0.104. The van der Waals surface area contributed by atoms with Crippen LogP contribution in [0.3, 0.4) is 0 Å². The SMILES string of the molecule is CCCC(=O)N1CCCC(C(=O)NCC(CC)(CC)C(=O)O)C1. The van der Waals surface area contributed by atoms with Gasteiger partial charge in [0.2, 0.25) is 11.8 Å². The van der Waals surface area contributed by atoms with Crippen molar-refractivity contribution in [3.63, 3.8) is 0 Å². The molecule has 23 heavy (non-hydrogen) atoms. The summed E-state index contributed by atoms with van der Waals surface area (Å²) >= 11 is 0. The molecule has 0 spiro atoms. The fourth-order valence-electron chi connectivity index (χ4n) is 3.07. The van der Waals surface area contributed by atoms with Crippen molar-refractivity contribution in [3.8, 4) is 0 Å². The normalized spacial score (nSPS) is 18.6. The number of carbonyl (C=O) groups excluding carboxylic acids is 2. The van der Waals surface area contributed by atoms with Crippen LogP contribution in [-0.2, 0) is 14.4 Å². The fraction of sp³-hybridized carbons (Fsp3) is 0.824. The Bertz CT molecular complexity index is 432. The van der Waals surface area contributed by atoms with E-state index >= 15 is 0 Å². The number of carbonyl (C=O) groups is 3. The number of likely N-dealkylation sites (tertiary alicyclic amines) is 1. The highest BCUT2D eigenvalue weighted by molar-refractivity contribution is 5.82. The van der Waals surface area contributed by atoms with Crippen molar-refractivity contribution in [2.45, 2.75) is 59.3 Å². The van der Waals surface area contributed by atoms with Crippen LogP contribution in [0.25, 0.3) is 0 Å². The Morgan fingerprint density at radius 1 is 1.22 bits per heavy atom. The van der Waals surface area contributed by atoms with Gasteiger partial charge in [0, 0.05) is 26.1 Å². The zero-order valence-electron chi connectivity index (χ0n) is 14.6. The first-order valence-electron chi connectivity index (χ1n) is 8.69. The number of piperidine rings is 1. The Kier molecular flexibility index (Phi) is 7.52. The maximum absolute atomic E-state index is 12.4. The fourth-order valence-corrected chi connectivity index (χ4v) is 3.07. The molecule has 1 rings (SSSR count). The molecule has 1 fully saturated rings. The summed E-state index contributed by atoms with van der Waals surface area (Å²) in [6.07, 6.45) is 3.84. The summed E-state index contributed by atoms with van der Waals surface area (Å²) in [6.45, 7) is 6.93. The summed E-state index contributed by atoms with van der Waals surface area (Å²) in [5.74, 6) is -1.13. The first kappa shape index (κ1) is 19.5. The van der Waals surface area contributed by atoms with Gasteiger partial charge >= 0.3 is 5.97 Å². The smallest absolute Gasteiger partial charge is 0.311 e. The van der Waals surface area contributed by atoms with Crippen molar-refractivity contribution in [1.82, 2.24) is 10.2 Å². The Labute approximate surface area is 138 Å². The average molecular weight is 326 g/mol. The highest BCUT2D eigenvalue weighted by atomic mass is 16.4. The second-order valence-corrected chi connectivity index (χ2v) is 6.44. The van der Waals surface area contributed by atoms with Crippen molar-refractivity contribution in [2.75, 3.05) is 19.6 Å². The second kappa shape index (κ2) is 8.89. The molecule has 0 aliphatic carbocycles. The van der Waals surface area contributed by atoms with Crippen molar-refractivity contribution >= 4 is 17.8 Å². The van der Waals surface area contributed by atoms with Crippen molar-refractivity contribution < 1.29 is 19.5 Å². The molecule has 2 N–H and O–H groups in total. The first-order chi connectivity index (χ1) is 10.9. The van der Waals surface area contributed by atoms with E-state index in [0.717, 1.165) is 19.3 Å². The zero-order chi connectivity index (χ0) is 17.5. The van der Waals surface area contributed by atoms with Crippen molar-refractivity contribution in [3.05, 3.63) is 0 Å². The third-order valence-corrected chi connectivity index (χ3v) is 5.02. The highest BCUT2D eigenvalue weighted by Crippen LogP contribution is 2.26. The number of nitrogens with one attached hydrogen (secondary N) is 1. The van der Waals surface area contributed by atoms with Crippen molar-refractivity contribution in [2.24, 2.45) is 11.3 Å². The van der Waals surface area contributed by atoms with Gasteiger partial charge in [0.05, 0.1) is 11.3 Å². The third-order valence-electron chi connectivity index (χ3n) is 5.02. The molecule has 0 saturated carbocycles. The molecule has 1 aliphatic rings. The van der Waals surface area contributed by atoms with E-state index in [2.05, 4.69) is 5.32 Å². The van der Waals surface area contributed by atoms with Crippen LogP contribution in [0.4, 0.5) is 0 Å². The summed E-state index contributed by atoms with van der Waals surface area (Å²) in [7, 11) is 0. The Morgan fingerprint density at radius 2 is 1.87 bits per heavy atom. The maximum atomic E-state index is 12.4. The number of hydrogen-bond donors (Lipinski definition) is 2. The Balaban J connectivity index is 2.60. The number of nitrogens with zero attached hydrogens (tertiary/aromatic N) is 1. The van der Waals surface area contributed by atoms with Gasteiger partial charge in [0.15, 0.2) is 0 Å². The number of carboxylic acid groups (broad SMARTS) is 1. The molecule has 2 amide bonds. The minimum atomic E-state index is -0.901. The number of rotatable bonds is 8. The number of amides is 2. The van der Waals surface area contributed by atoms with Crippen molar-refractivity contribution in [1.29, 1.82) is 0 Å². The van der Waals surface area contributed by atoms with E-state index < -0.39 is 11.4 Å². The monoisotopic (exact) mass is 326 g/mol. The molecule has 1 saturated heterocycles. The molecule has 0 aromatic rings. The largest absolute Gasteiger partial charge is 0.481 e. The molecular formula is C17H30N2O4. The molecule has 0 aromatic carbocycles. The van der Waals surface area contributed by atoms with Gasteiger partial charge in [0.25, 0.3) is 0 Å². The first-order valence-corrected chi connectivity index (χ1v) is 8.69. The van der Waals surface area contributed by atoms with E-state index in [1.165, 1.54) is 0 Å². The van der Waals surface area contributed by atoms with Crippen LogP contribution in [0.5, 0.6) is 0 Å². The average Bonchev–Trinajstić information content (AvgIpc) is 2.56. The van der Waals surface area contributed by atoms with Crippen LogP contribution in [0, 0.1) is 11.3 Å². The van der Waals surface area contributed by atoms with Gasteiger partial charge in [-0.3, -0.25) is 14.4 Å². The van der Waals surface area contributed by atoms with Crippen LogP contribution in [0.15, 0.2) is 0 Å². The van der Waals surface area contributed by atoms with Gasteiger partial charge in [-0.15, -0.1) is 0 Å². The lowest BCUT2D eigenvalue weighted by molar-refractivity contribution is -0.149. The van der Waals surface area contributed by atoms with Gasteiger partial charge in [-0.2, -0.15) is 0 Å². The van der Waals surface area contributed by atoms with Crippen LogP contribution in [0.2, 0.25) is 0 Å². The second-order valence-electron chi connectivity index (χ2n) is 6.44. The highest BCUT2D eigenvalue weighted by Gasteiger charge is 2.36. The Hall–Kier alpha value is -1.59. The van der Waals surface area contributed by atoms with Gasteiger partial charge in [-0.1, -0.05) is 20.8 Å². The maximum Gasteiger partial charge on any atom is 0.311 e. The van der Waals surface area contributed by atoms with Gasteiger partial charge in [0.1, 0.15) is 0 Å². The molecule has 6 nitrogen and oxygen atoms in total. The van der Waals surface area contributed by atoms with E-state index in [9.17, 15) is 19.5 Å². The molecule has 0 bridgehead atoms. The number of aliphatic carboxylic acids is 1. The van der Waals surface area contributed by atoms with E-state index in [1.807, 2.05) is 20.8 Å². The summed E-state index contributed by atoms with van der Waals surface area (Å²) in [6, 6.07) is 0. The predicted octanol–water partition coefficient (Wildman–Crippen LogP) is 2.03. The molecule has 1 atom stereocenters. The van der Waals surface area contributed by atoms with E-state index in [1.54, 1.807) is 4.90 Å². The zero-order valence-corrected chi connectivity index (χ0v) is 14.6.